The van der Waals surface area contributed by atoms with Crippen LogP contribution in [0.4, 0.5) is 0 Å². The molecule has 0 spiro atoms. The molecule has 2 aromatic carbocycles. The summed E-state index contributed by atoms with van der Waals surface area (Å²) in [6.07, 6.45) is 0. The number of rotatable bonds is 8. The van der Waals surface area contributed by atoms with Gasteiger partial charge in [0.05, 0.1) is 5.56 Å². The quantitative estimate of drug-likeness (QED) is 0.379. The van der Waals surface area contributed by atoms with E-state index >= 15 is 0 Å². The highest BCUT2D eigenvalue weighted by Crippen LogP contribution is 2.29. The zero-order chi connectivity index (χ0) is 20.9. The Kier molecular flexibility index (Phi) is 6.55. The van der Waals surface area contributed by atoms with Crippen LogP contribution in [0.1, 0.15) is 10.4 Å². The Morgan fingerprint density at radius 3 is 2.45 bits per heavy atom. The number of hydrogen-bond donors (Lipinski definition) is 1. The molecule has 0 aliphatic carbocycles. The van der Waals surface area contributed by atoms with Crippen LogP contribution in [0.5, 0.6) is 0 Å². The van der Waals surface area contributed by atoms with E-state index in [0.717, 1.165) is 4.90 Å². The van der Waals surface area contributed by atoms with Crippen LogP contribution in [0.2, 0.25) is 0 Å². The molecule has 2 aromatic rings. The summed E-state index contributed by atoms with van der Waals surface area (Å²) in [6.45, 7) is -0.957. The molecule has 1 N–H and O–H groups in total. The predicted molar refractivity (Wildman–Crippen MR) is 106 cm³/mol. The SMILES string of the molecule is O=C(COC(=O)CN1C(=O)c2ccccc2S1(=O)=O)NCCSc1ccccc1. The van der Waals surface area contributed by atoms with Gasteiger partial charge >= 0.3 is 5.97 Å². The molecule has 0 unspecified atom stereocenters. The van der Waals surface area contributed by atoms with E-state index in [1.807, 2.05) is 30.3 Å². The minimum absolute atomic E-state index is 0.00830. The van der Waals surface area contributed by atoms with Gasteiger partial charge in [-0.15, -0.1) is 11.8 Å². The standard InChI is InChI=1S/C19H18N2O6S2/c22-17(20-10-11-28-14-6-2-1-3-7-14)13-27-18(23)12-21-19(24)15-8-4-5-9-16(15)29(21,25)26/h1-9H,10-13H2,(H,20,22). The van der Waals surface area contributed by atoms with Crippen LogP contribution in [0.15, 0.2) is 64.4 Å². The molecule has 8 nitrogen and oxygen atoms in total. The van der Waals surface area contributed by atoms with Crippen molar-refractivity contribution < 1.29 is 27.5 Å². The van der Waals surface area contributed by atoms with Gasteiger partial charge in [0.25, 0.3) is 21.8 Å². The molecule has 1 heterocycles. The molecule has 0 aromatic heterocycles. The highest BCUT2D eigenvalue weighted by Gasteiger charge is 2.42. The van der Waals surface area contributed by atoms with Gasteiger partial charge in [0.15, 0.2) is 6.61 Å². The molecule has 3 rings (SSSR count). The van der Waals surface area contributed by atoms with Crippen molar-refractivity contribution in [3.05, 3.63) is 60.2 Å². The van der Waals surface area contributed by atoms with Crippen LogP contribution < -0.4 is 5.32 Å². The van der Waals surface area contributed by atoms with Crippen LogP contribution in [-0.2, 0) is 24.3 Å². The Bertz CT molecular complexity index is 1020. The molecule has 1 aliphatic heterocycles. The summed E-state index contributed by atoms with van der Waals surface area (Å²) in [4.78, 5) is 36.9. The lowest BCUT2D eigenvalue weighted by molar-refractivity contribution is -0.148. The largest absolute Gasteiger partial charge is 0.454 e. The summed E-state index contributed by atoms with van der Waals surface area (Å²) < 4.78 is 30.0. The van der Waals surface area contributed by atoms with Crippen molar-refractivity contribution in [1.29, 1.82) is 0 Å². The average Bonchev–Trinajstić information content (AvgIpc) is 2.91. The van der Waals surface area contributed by atoms with Gasteiger partial charge in [0.1, 0.15) is 11.4 Å². The summed E-state index contributed by atoms with van der Waals surface area (Å²) in [5.74, 6) is -1.64. The van der Waals surface area contributed by atoms with E-state index < -0.39 is 41.0 Å². The molecule has 10 heteroatoms. The first-order valence-corrected chi connectivity index (χ1v) is 11.1. The second-order valence-corrected chi connectivity index (χ2v) is 8.98. The number of ether oxygens (including phenoxy) is 1. The maximum Gasteiger partial charge on any atom is 0.327 e. The lowest BCUT2D eigenvalue weighted by Crippen LogP contribution is -2.37. The minimum Gasteiger partial charge on any atom is -0.454 e. The minimum atomic E-state index is -4.09. The number of fused-ring (bicyclic) bond motifs is 1. The van der Waals surface area contributed by atoms with Crippen molar-refractivity contribution in [3.63, 3.8) is 0 Å². The fraction of sp³-hybridized carbons (Fsp3) is 0.211. The second-order valence-electron chi connectivity index (χ2n) is 5.99. The third kappa shape index (κ3) is 4.96. The summed E-state index contributed by atoms with van der Waals surface area (Å²) in [5, 5.41) is 2.61. The van der Waals surface area contributed by atoms with Crippen molar-refractivity contribution >= 4 is 39.6 Å². The molecule has 152 valence electrons. The summed E-state index contributed by atoms with van der Waals surface area (Å²) in [5.41, 5.74) is 0.00830. The van der Waals surface area contributed by atoms with Gasteiger partial charge in [-0.3, -0.25) is 14.4 Å². The van der Waals surface area contributed by atoms with Gasteiger partial charge < -0.3 is 10.1 Å². The van der Waals surface area contributed by atoms with E-state index in [-0.39, 0.29) is 10.5 Å². The Morgan fingerprint density at radius 2 is 1.72 bits per heavy atom. The van der Waals surface area contributed by atoms with Gasteiger partial charge in [-0.05, 0) is 24.3 Å². The summed E-state index contributed by atoms with van der Waals surface area (Å²) in [6, 6.07) is 15.4. The molecule has 29 heavy (non-hydrogen) atoms. The van der Waals surface area contributed by atoms with Gasteiger partial charge in [-0.2, -0.15) is 0 Å². The predicted octanol–water partition coefficient (Wildman–Crippen LogP) is 1.28. The van der Waals surface area contributed by atoms with E-state index in [9.17, 15) is 22.8 Å². The van der Waals surface area contributed by atoms with Gasteiger partial charge in [-0.25, -0.2) is 12.7 Å². The van der Waals surface area contributed by atoms with E-state index in [2.05, 4.69) is 5.32 Å². The fourth-order valence-electron chi connectivity index (χ4n) is 2.62. The normalized spacial score (nSPS) is 14.3. The van der Waals surface area contributed by atoms with Crippen molar-refractivity contribution in [2.24, 2.45) is 0 Å². The van der Waals surface area contributed by atoms with Crippen LogP contribution in [0, 0.1) is 0 Å². The van der Waals surface area contributed by atoms with E-state index in [0.29, 0.717) is 16.6 Å². The molecule has 0 fully saturated rings. The molecule has 0 saturated carbocycles. The lowest BCUT2D eigenvalue weighted by Gasteiger charge is -2.14. The maximum absolute atomic E-state index is 12.4. The van der Waals surface area contributed by atoms with Crippen LogP contribution in [0.25, 0.3) is 0 Å². The van der Waals surface area contributed by atoms with Gasteiger partial charge in [-0.1, -0.05) is 30.3 Å². The van der Waals surface area contributed by atoms with Crippen LogP contribution >= 0.6 is 11.8 Å². The van der Waals surface area contributed by atoms with Gasteiger partial charge in [0, 0.05) is 17.2 Å². The second kappa shape index (κ2) is 9.10. The van der Waals surface area contributed by atoms with Crippen molar-refractivity contribution in [2.45, 2.75) is 9.79 Å². The monoisotopic (exact) mass is 434 g/mol. The van der Waals surface area contributed by atoms with Crippen LogP contribution in [0.3, 0.4) is 0 Å². The molecule has 0 bridgehead atoms. The molecular weight excluding hydrogens is 416 g/mol. The molecule has 1 aliphatic rings. The van der Waals surface area contributed by atoms with E-state index in [1.54, 1.807) is 11.8 Å². The Morgan fingerprint density at radius 1 is 1.03 bits per heavy atom. The Balaban J connectivity index is 1.42. The first-order valence-electron chi connectivity index (χ1n) is 8.66. The molecule has 0 atom stereocenters. The number of carbonyl (C=O) groups is 3. The van der Waals surface area contributed by atoms with Crippen molar-refractivity contribution in [3.8, 4) is 0 Å². The van der Waals surface area contributed by atoms with Crippen LogP contribution in [-0.4, -0.2) is 56.0 Å². The summed E-state index contributed by atoms with van der Waals surface area (Å²) in [7, 11) is -4.09. The Labute approximate surface area is 172 Å². The highest BCUT2D eigenvalue weighted by atomic mass is 32.2. The Hall–Kier alpha value is -2.85. The number of carbonyl (C=O) groups excluding carboxylic acids is 3. The maximum atomic E-state index is 12.4. The lowest BCUT2D eigenvalue weighted by atomic mass is 10.2. The number of thioether (sulfide) groups is 1. The third-order valence-corrected chi connectivity index (χ3v) is 6.79. The smallest absolute Gasteiger partial charge is 0.327 e. The average molecular weight is 434 g/mol. The number of hydrogen-bond acceptors (Lipinski definition) is 7. The molecule has 0 radical (unpaired) electrons. The number of sulfonamides is 1. The first-order chi connectivity index (χ1) is 13.9. The third-order valence-electron chi connectivity index (χ3n) is 3.99. The van der Waals surface area contributed by atoms with Crippen molar-refractivity contribution in [2.75, 3.05) is 25.4 Å². The molecular formula is C19H18N2O6S2. The molecule has 0 saturated heterocycles. The topological polar surface area (TPSA) is 110 Å². The number of amides is 2. The first kappa shape index (κ1) is 20.9. The summed E-state index contributed by atoms with van der Waals surface area (Å²) >= 11 is 1.57. The zero-order valence-corrected chi connectivity index (χ0v) is 16.9. The number of esters is 1. The zero-order valence-electron chi connectivity index (χ0n) is 15.2. The highest BCUT2D eigenvalue weighted by molar-refractivity contribution is 7.99. The number of nitrogens with zero attached hydrogens (tertiary/aromatic N) is 1. The fourth-order valence-corrected chi connectivity index (χ4v) is 4.93. The number of benzene rings is 2. The van der Waals surface area contributed by atoms with Gasteiger partial charge in [0.2, 0.25) is 0 Å². The van der Waals surface area contributed by atoms with E-state index in [4.69, 9.17) is 4.74 Å². The van der Waals surface area contributed by atoms with Crippen molar-refractivity contribution in [1.82, 2.24) is 9.62 Å². The van der Waals surface area contributed by atoms with E-state index in [1.165, 1.54) is 24.3 Å². The molecule has 2 amide bonds. The number of nitrogens with one attached hydrogen (secondary N) is 1.